The van der Waals surface area contributed by atoms with Gasteiger partial charge in [0.15, 0.2) is 0 Å². The van der Waals surface area contributed by atoms with Gasteiger partial charge in [-0.25, -0.2) is 9.18 Å². The van der Waals surface area contributed by atoms with Gasteiger partial charge in [-0.2, -0.15) is 0 Å². The molecule has 21 heavy (non-hydrogen) atoms. The molecule has 2 aromatic rings. The van der Waals surface area contributed by atoms with Crippen molar-refractivity contribution < 1.29 is 19.1 Å². The summed E-state index contributed by atoms with van der Waals surface area (Å²) >= 11 is 0. The number of carbonyl (C=O) groups is 2. The Labute approximate surface area is 121 Å². The Hall–Kier alpha value is -2.69. The molecule has 0 atom stereocenters. The van der Waals surface area contributed by atoms with E-state index in [2.05, 4.69) is 5.32 Å². The number of amides is 1. The summed E-state index contributed by atoms with van der Waals surface area (Å²) in [6.07, 6.45) is 0. The van der Waals surface area contributed by atoms with Crippen LogP contribution in [0.15, 0.2) is 36.4 Å². The van der Waals surface area contributed by atoms with Gasteiger partial charge in [-0.3, -0.25) is 4.79 Å². The van der Waals surface area contributed by atoms with E-state index in [1.54, 1.807) is 12.1 Å². The molecule has 0 aromatic heterocycles. The molecule has 4 nitrogen and oxygen atoms in total. The average molecular weight is 287 g/mol. The fourth-order valence-corrected chi connectivity index (χ4v) is 2.12. The largest absolute Gasteiger partial charge is 0.478 e. The minimum atomic E-state index is -1.30. The number of para-hydroxylation sites is 1. The molecule has 1 amide bonds. The number of halogens is 1. The second-order valence-electron chi connectivity index (χ2n) is 4.80. The van der Waals surface area contributed by atoms with Gasteiger partial charge in [0.2, 0.25) is 0 Å². The fourth-order valence-electron chi connectivity index (χ4n) is 2.12. The predicted molar refractivity (Wildman–Crippen MR) is 77.2 cm³/mol. The number of anilines is 1. The Morgan fingerprint density at radius 3 is 2.29 bits per heavy atom. The van der Waals surface area contributed by atoms with Crippen molar-refractivity contribution in [1.82, 2.24) is 0 Å². The highest BCUT2D eigenvalue weighted by atomic mass is 19.1. The number of benzene rings is 2. The molecule has 0 aliphatic carbocycles. The maximum atomic E-state index is 13.8. The summed E-state index contributed by atoms with van der Waals surface area (Å²) in [5, 5.41) is 11.4. The van der Waals surface area contributed by atoms with Crippen LogP contribution in [-0.4, -0.2) is 17.0 Å². The van der Waals surface area contributed by atoms with E-state index in [1.807, 2.05) is 19.9 Å². The van der Waals surface area contributed by atoms with Crippen LogP contribution in [0.25, 0.3) is 0 Å². The second kappa shape index (κ2) is 5.75. The van der Waals surface area contributed by atoms with E-state index >= 15 is 0 Å². The zero-order valence-corrected chi connectivity index (χ0v) is 11.6. The summed E-state index contributed by atoms with van der Waals surface area (Å²) < 4.78 is 13.8. The highest BCUT2D eigenvalue weighted by Gasteiger charge is 2.17. The third-order valence-corrected chi connectivity index (χ3v) is 2.97. The Bertz CT molecular complexity index is 705. The van der Waals surface area contributed by atoms with Crippen LogP contribution >= 0.6 is 0 Å². The van der Waals surface area contributed by atoms with Crippen LogP contribution in [0.5, 0.6) is 0 Å². The van der Waals surface area contributed by atoms with Crippen LogP contribution in [0.2, 0.25) is 0 Å². The number of aromatic carboxylic acids is 1. The summed E-state index contributed by atoms with van der Waals surface area (Å²) in [5.41, 5.74) is 1.54. The number of carbonyl (C=O) groups excluding carboxylic acids is 1. The van der Waals surface area contributed by atoms with E-state index in [4.69, 9.17) is 5.11 Å². The van der Waals surface area contributed by atoms with Crippen molar-refractivity contribution in [3.63, 3.8) is 0 Å². The highest BCUT2D eigenvalue weighted by Crippen LogP contribution is 2.21. The van der Waals surface area contributed by atoms with Crippen molar-refractivity contribution in [2.24, 2.45) is 0 Å². The molecule has 0 spiro atoms. The standard InChI is InChI=1S/C16H14FNO3/c1-9-6-10(2)8-11(7-9)15(19)18-14-12(16(20)21)4-3-5-13(14)17/h3-8H,1-2H3,(H,18,19)(H,20,21). The van der Waals surface area contributed by atoms with E-state index in [0.717, 1.165) is 17.2 Å². The molecule has 0 aliphatic rings. The van der Waals surface area contributed by atoms with Gasteiger partial charge in [0.05, 0.1) is 11.3 Å². The van der Waals surface area contributed by atoms with E-state index in [1.165, 1.54) is 12.1 Å². The van der Waals surface area contributed by atoms with Crippen LogP contribution < -0.4 is 5.32 Å². The highest BCUT2D eigenvalue weighted by molar-refractivity contribution is 6.08. The van der Waals surface area contributed by atoms with Gasteiger partial charge in [0, 0.05) is 5.56 Å². The zero-order valence-electron chi connectivity index (χ0n) is 11.6. The third-order valence-electron chi connectivity index (χ3n) is 2.97. The molecule has 2 N–H and O–H groups in total. The van der Waals surface area contributed by atoms with Crippen LogP contribution in [0.3, 0.4) is 0 Å². The Morgan fingerprint density at radius 2 is 1.71 bits per heavy atom. The molecule has 0 aliphatic heterocycles. The van der Waals surface area contributed by atoms with Gasteiger partial charge < -0.3 is 10.4 Å². The first-order chi connectivity index (χ1) is 9.88. The summed E-state index contributed by atoms with van der Waals surface area (Å²) in [6.45, 7) is 3.69. The van der Waals surface area contributed by atoms with Gasteiger partial charge >= 0.3 is 5.97 Å². The van der Waals surface area contributed by atoms with Crippen molar-refractivity contribution in [1.29, 1.82) is 0 Å². The first kappa shape index (κ1) is 14.7. The lowest BCUT2D eigenvalue weighted by Crippen LogP contribution is -2.16. The minimum absolute atomic E-state index is 0.285. The van der Waals surface area contributed by atoms with Crippen LogP contribution in [0.1, 0.15) is 31.8 Å². The van der Waals surface area contributed by atoms with Crippen LogP contribution in [0, 0.1) is 19.7 Å². The minimum Gasteiger partial charge on any atom is -0.478 e. The van der Waals surface area contributed by atoms with Crippen molar-refractivity contribution >= 4 is 17.6 Å². The number of aryl methyl sites for hydroxylation is 2. The molecule has 0 saturated heterocycles. The number of carboxylic acid groups (broad SMARTS) is 1. The molecule has 0 heterocycles. The summed E-state index contributed by atoms with van der Waals surface area (Å²) in [4.78, 5) is 23.3. The Morgan fingerprint density at radius 1 is 1.10 bits per heavy atom. The maximum Gasteiger partial charge on any atom is 0.337 e. The molecule has 0 fully saturated rings. The smallest absolute Gasteiger partial charge is 0.337 e. The molecular weight excluding hydrogens is 273 g/mol. The van der Waals surface area contributed by atoms with Crippen molar-refractivity contribution in [2.75, 3.05) is 5.32 Å². The summed E-state index contributed by atoms with van der Waals surface area (Å²) in [7, 11) is 0. The van der Waals surface area contributed by atoms with Crippen molar-refractivity contribution in [3.8, 4) is 0 Å². The summed E-state index contributed by atoms with van der Waals surface area (Å²) in [5.74, 6) is -2.63. The van der Waals surface area contributed by atoms with Gasteiger partial charge in [-0.1, -0.05) is 23.3 Å². The zero-order chi connectivity index (χ0) is 15.6. The first-order valence-corrected chi connectivity index (χ1v) is 6.30. The molecule has 0 saturated carbocycles. The molecule has 5 heteroatoms. The predicted octanol–water partition coefficient (Wildman–Crippen LogP) is 3.39. The van der Waals surface area contributed by atoms with E-state index in [-0.39, 0.29) is 11.3 Å². The van der Waals surface area contributed by atoms with Crippen LogP contribution in [-0.2, 0) is 0 Å². The first-order valence-electron chi connectivity index (χ1n) is 6.30. The van der Waals surface area contributed by atoms with Gasteiger partial charge in [0.1, 0.15) is 5.82 Å². The fraction of sp³-hybridized carbons (Fsp3) is 0.125. The van der Waals surface area contributed by atoms with Crippen LogP contribution in [0.4, 0.5) is 10.1 Å². The van der Waals surface area contributed by atoms with E-state index < -0.39 is 17.7 Å². The number of carboxylic acids is 1. The molecular formula is C16H14FNO3. The molecule has 2 aromatic carbocycles. The van der Waals surface area contributed by atoms with Gasteiger partial charge in [-0.05, 0) is 38.1 Å². The molecule has 0 bridgehead atoms. The van der Waals surface area contributed by atoms with Crippen molar-refractivity contribution in [3.05, 3.63) is 64.5 Å². The lowest BCUT2D eigenvalue weighted by molar-refractivity contribution is 0.0697. The van der Waals surface area contributed by atoms with Gasteiger partial charge in [-0.15, -0.1) is 0 Å². The van der Waals surface area contributed by atoms with Gasteiger partial charge in [0.25, 0.3) is 5.91 Å². The van der Waals surface area contributed by atoms with Crippen molar-refractivity contribution in [2.45, 2.75) is 13.8 Å². The monoisotopic (exact) mass is 287 g/mol. The number of hydrogen-bond donors (Lipinski definition) is 2. The number of nitrogens with one attached hydrogen (secondary N) is 1. The lowest BCUT2D eigenvalue weighted by Gasteiger charge is -2.10. The summed E-state index contributed by atoms with van der Waals surface area (Å²) in [6, 6.07) is 8.84. The Kier molecular flexibility index (Phi) is 4.03. The molecule has 0 unspecified atom stereocenters. The normalized spacial score (nSPS) is 10.2. The van der Waals surface area contributed by atoms with E-state index in [9.17, 15) is 14.0 Å². The molecule has 0 radical (unpaired) electrons. The van der Waals surface area contributed by atoms with E-state index in [0.29, 0.717) is 5.56 Å². The quantitative estimate of drug-likeness (QED) is 0.909. The molecule has 2 rings (SSSR count). The molecule has 108 valence electrons. The second-order valence-corrected chi connectivity index (χ2v) is 4.80. The topological polar surface area (TPSA) is 66.4 Å². The maximum absolute atomic E-state index is 13.8. The SMILES string of the molecule is Cc1cc(C)cc(C(=O)Nc2c(F)cccc2C(=O)O)c1. The number of hydrogen-bond acceptors (Lipinski definition) is 2. The number of rotatable bonds is 3. The third kappa shape index (κ3) is 3.25. The average Bonchev–Trinajstić information content (AvgIpc) is 2.39. The lowest BCUT2D eigenvalue weighted by atomic mass is 10.1. The Balaban J connectivity index is 2.38.